The van der Waals surface area contributed by atoms with Gasteiger partial charge in [-0.25, -0.2) is 0 Å². The van der Waals surface area contributed by atoms with Gasteiger partial charge in [-0.1, -0.05) is 23.4 Å². The third-order valence-corrected chi connectivity index (χ3v) is 2.75. The number of benzene rings is 1. The number of amides is 1. The number of halogens is 1. The van der Waals surface area contributed by atoms with Crippen LogP contribution in [0.3, 0.4) is 0 Å². The zero-order valence-corrected chi connectivity index (χ0v) is 10.1. The highest BCUT2D eigenvalue weighted by atomic mass is 35.5. The van der Waals surface area contributed by atoms with Crippen molar-refractivity contribution < 1.29 is 4.79 Å². The number of rotatable bonds is 2. The van der Waals surface area contributed by atoms with Crippen molar-refractivity contribution in [1.82, 2.24) is 0 Å². The van der Waals surface area contributed by atoms with E-state index in [0.29, 0.717) is 17.3 Å². The molecule has 1 fully saturated rings. The lowest BCUT2D eigenvalue weighted by Crippen LogP contribution is -2.14. The van der Waals surface area contributed by atoms with Gasteiger partial charge in [0.25, 0.3) is 0 Å². The molecule has 1 aliphatic carbocycles. The molecule has 1 aliphatic rings. The zero-order chi connectivity index (χ0) is 12.3. The Labute approximate surface area is 105 Å². The van der Waals surface area contributed by atoms with Crippen molar-refractivity contribution in [3.05, 3.63) is 28.8 Å². The molecule has 0 aliphatic heterocycles. The Hall–Kier alpha value is -1.50. The van der Waals surface area contributed by atoms with Crippen LogP contribution in [0.5, 0.6) is 0 Å². The quantitative estimate of drug-likeness (QED) is 0.787. The highest BCUT2D eigenvalue weighted by Crippen LogP contribution is 2.31. The van der Waals surface area contributed by atoms with Gasteiger partial charge in [0.2, 0.25) is 5.91 Å². The highest BCUT2D eigenvalue weighted by Gasteiger charge is 2.29. The van der Waals surface area contributed by atoms with Gasteiger partial charge in [-0.2, -0.15) is 0 Å². The molecule has 17 heavy (non-hydrogen) atoms. The normalized spacial score (nSPS) is 13.8. The third-order valence-electron chi connectivity index (χ3n) is 2.51. The fourth-order valence-electron chi connectivity index (χ4n) is 1.46. The van der Waals surface area contributed by atoms with Crippen LogP contribution in [0, 0.1) is 17.8 Å². The van der Waals surface area contributed by atoms with E-state index in [1.807, 2.05) is 0 Å². The first-order valence-corrected chi connectivity index (χ1v) is 5.88. The van der Waals surface area contributed by atoms with Crippen molar-refractivity contribution in [1.29, 1.82) is 0 Å². The first-order valence-electron chi connectivity index (χ1n) is 5.50. The maximum Gasteiger partial charge on any atom is 0.227 e. The van der Waals surface area contributed by atoms with Gasteiger partial charge in [0.05, 0.1) is 12.2 Å². The molecule has 0 bridgehead atoms. The molecule has 1 saturated carbocycles. The van der Waals surface area contributed by atoms with Crippen molar-refractivity contribution in [2.45, 2.75) is 12.8 Å². The third kappa shape index (κ3) is 3.23. The van der Waals surface area contributed by atoms with Crippen LogP contribution in [0.15, 0.2) is 18.2 Å². The zero-order valence-electron chi connectivity index (χ0n) is 9.29. The largest absolute Gasteiger partial charge is 0.325 e. The van der Waals surface area contributed by atoms with Crippen LogP contribution in [0.1, 0.15) is 18.4 Å². The van der Waals surface area contributed by atoms with E-state index in [1.54, 1.807) is 18.2 Å². The van der Waals surface area contributed by atoms with Gasteiger partial charge in [0.1, 0.15) is 0 Å². The van der Waals surface area contributed by atoms with Crippen LogP contribution >= 0.6 is 11.6 Å². The summed E-state index contributed by atoms with van der Waals surface area (Å²) >= 11 is 5.91. The van der Waals surface area contributed by atoms with Crippen molar-refractivity contribution in [3.63, 3.8) is 0 Å². The molecule has 0 atom stereocenters. The lowest BCUT2D eigenvalue weighted by molar-refractivity contribution is -0.117. The van der Waals surface area contributed by atoms with E-state index in [4.69, 9.17) is 17.3 Å². The molecule has 0 heterocycles. The number of hydrogen-bond acceptors (Lipinski definition) is 2. The second kappa shape index (κ2) is 5.22. The highest BCUT2D eigenvalue weighted by molar-refractivity contribution is 6.31. The minimum absolute atomic E-state index is 0.0445. The van der Waals surface area contributed by atoms with E-state index < -0.39 is 0 Å². The molecule has 0 spiro atoms. The predicted octanol–water partition coefficient (Wildman–Crippen LogP) is 2.00. The minimum atomic E-state index is 0.0445. The van der Waals surface area contributed by atoms with E-state index in [2.05, 4.69) is 17.2 Å². The standard InChI is InChI=1S/C13H13ClN2O/c14-11-6-5-9(2-1-7-15)12(8-11)16-13(17)10-3-4-10/h5-6,8,10H,3-4,7,15H2,(H,16,17). The SMILES string of the molecule is NCC#Cc1ccc(Cl)cc1NC(=O)C1CC1. The Kier molecular flexibility index (Phi) is 3.68. The Morgan fingerprint density at radius 2 is 2.29 bits per heavy atom. The summed E-state index contributed by atoms with van der Waals surface area (Å²) in [6, 6.07) is 5.24. The second-order valence-electron chi connectivity index (χ2n) is 3.96. The van der Waals surface area contributed by atoms with Crippen LogP contribution in [-0.2, 0) is 4.79 Å². The van der Waals surface area contributed by atoms with Crippen LogP contribution in [-0.4, -0.2) is 12.5 Å². The second-order valence-corrected chi connectivity index (χ2v) is 4.40. The molecule has 0 aromatic heterocycles. The molecule has 0 saturated heterocycles. The Bertz CT molecular complexity index is 498. The monoisotopic (exact) mass is 248 g/mol. The molecule has 2 rings (SSSR count). The van der Waals surface area contributed by atoms with Gasteiger partial charge in [0, 0.05) is 16.5 Å². The first-order chi connectivity index (χ1) is 8.20. The molecule has 3 nitrogen and oxygen atoms in total. The summed E-state index contributed by atoms with van der Waals surface area (Å²) in [6.45, 7) is 0.290. The Balaban J connectivity index is 2.22. The average Bonchev–Trinajstić information content (AvgIpc) is 3.12. The number of carbonyl (C=O) groups is 1. The first kappa shape index (κ1) is 12.0. The maximum absolute atomic E-state index is 11.7. The minimum Gasteiger partial charge on any atom is -0.325 e. The molecule has 0 radical (unpaired) electrons. The number of carbonyl (C=O) groups excluding carboxylic acids is 1. The molecular weight excluding hydrogens is 236 g/mol. The number of anilines is 1. The summed E-state index contributed by atoms with van der Waals surface area (Å²) in [5, 5.41) is 3.43. The smallest absolute Gasteiger partial charge is 0.227 e. The van der Waals surface area contributed by atoms with Crippen LogP contribution in [0.25, 0.3) is 0 Å². The molecule has 0 unspecified atom stereocenters. The summed E-state index contributed by atoms with van der Waals surface area (Å²) in [5.74, 6) is 5.88. The summed E-state index contributed by atoms with van der Waals surface area (Å²) in [6.07, 6.45) is 1.94. The van der Waals surface area contributed by atoms with E-state index in [1.165, 1.54) is 0 Å². The van der Waals surface area contributed by atoms with Gasteiger partial charge in [-0.15, -0.1) is 0 Å². The lowest BCUT2D eigenvalue weighted by atomic mass is 10.1. The van der Waals surface area contributed by atoms with Gasteiger partial charge < -0.3 is 11.1 Å². The molecule has 1 aromatic rings. The van der Waals surface area contributed by atoms with E-state index in [-0.39, 0.29) is 11.8 Å². The van der Waals surface area contributed by atoms with Gasteiger partial charge in [0.15, 0.2) is 0 Å². The fourth-order valence-corrected chi connectivity index (χ4v) is 1.63. The van der Waals surface area contributed by atoms with E-state index >= 15 is 0 Å². The number of hydrogen-bond donors (Lipinski definition) is 2. The molecule has 1 amide bonds. The summed E-state index contributed by atoms with van der Waals surface area (Å²) in [5.41, 5.74) is 6.74. The molecule has 4 heteroatoms. The molecule has 1 aromatic carbocycles. The van der Waals surface area contributed by atoms with Crippen LogP contribution in [0.4, 0.5) is 5.69 Å². The van der Waals surface area contributed by atoms with Gasteiger partial charge >= 0.3 is 0 Å². The van der Waals surface area contributed by atoms with Crippen molar-refractivity contribution >= 4 is 23.2 Å². The summed E-state index contributed by atoms with van der Waals surface area (Å²) in [7, 11) is 0. The number of nitrogens with two attached hydrogens (primary N) is 1. The Morgan fingerprint density at radius 3 is 2.94 bits per heavy atom. The lowest BCUT2D eigenvalue weighted by Gasteiger charge is -2.07. The summed E-state index contributed by atoms with van der Waals surface area (Å²) in [4.78, 5) is 11.7. The molecule has 3 N–H and O–H groups in total. The van der Waals surface area contributed by atoms with E-state index in [0.717, 1.165) is 18.4 Å². The Morgan fingerprint density at radius 1 is 1.53 bits per heavy atom. The van der Waals surface area contributed by atoms with Crippen LogP contribution < -0.4 is 11.1 Å². The van der Waals surface area contributed by atoms with Gasteiger partial charge in [-0.05, 0) is 31.0 Å². The predicted molar refractivity (Wildman–Crippen MR) is 68.7 cm³/mol. The van der Waals surface area contributed by atoms with Crippen molar-refractivity contribution in [3.8, 4) is 11.8 Å². The molecular formula is C13H13ClN2O. The summed E-state index contributed by atoms with van der Waals surface area (Å²) < 4.78 is 0. The van der Waals surface area contributed by atoms with Crippen molar-refractivity contribution in [2.75, 3.05) is 11.9 Å². The fraction of sp³-hybridized carbons (Fsp3) is 0.308. The van der Waals surface area contributed by atoms with Crippen molar-refractivity contribution in [2.24, 2.45) is 11.7 Å². The van der Waals surface area contributed by atoms with Gasteiger partial charge in [-0.3, -0.25) is 4.79 Å². The number of nitrogens with one attached hydrogen (secondary N) is 1. The average molecular weight is 249 g/mol. The topological polar surface area (TPSA) is 55.1 Å². The van der Waals surface area contributed by atoms with E-state index in [9.17, 15) is 4.79 Å². The molecule has 88 valence electrons. The van der Waals surface area contributed by atoms with Crippen LogP contribution in [0.2, 0.25) is 5.02 Å². The maximum atomic E-state index is 11.7.